The van der Waals surface area contributed by atoms with Gasteiger partial charge in [-0.05, 0) is 12.8 Å². The molecule has 0 saturated heterocycles. The molecular formula is C12H21N5OS. The quantitative estimate of drug-likeness (QED) is 0.714. The third-order valence-corrected chi connectivity index (χ3v) is 3.94. The van der Waals surface area contributed by atoms with Crippen molar-refractivity contribution in [2.75, 3.05) is 6.54 Å². The Hall–Kier alpha value is -1.50. The van der Waals surface area contributed by atoms with Crippen LogP contribution in [0.15, 0.2) is 6.33 Å². The molecule has 6 nitrogen and oxygen atoms in total. The van der Waals surface area contributed by atoms with Crippen LogP contribution in [0.4, 0.5) is 0 Å². The molecule has 1 amide bonds. The minimum absolute atomic E-state index is 0.104. The molecule has 0 atom stereocenters. The van der Waals surface area contributed by atoms with Crippen LogP contribution in [0.5, 0.6) is 0 Å². The van der Waals surface area contributed by atoms with Crippen LogP contribution >= 0.6 is 12.2 Å². The van der Waals surface area contributed by atoms with Crippen molar-refractivity contribution in [2.24, 2.45) is 18.2 Å². The Bertz CT molecular complexity index is 453. The number of hydrogen-bond donors (Lipinski definition) is 2. The summed E-state index contributed by atoms with van der Waals surface area (Å²) in [6.45, 7) is 4.34. The predicted molar refractivity (Wildman–Crippen MR) is 77.5 cm³/mol. The Balaban J connectivity index is 2.59. The number of nitrogens with two attached hydrogens (primary N) is 1. The van der Waals surface area contributed by atoms with Crippen molar-refractivity contribution >= 4 is 23.1 Å². The first kappa shape index (κ1) is 15.6. The van der Waals surface area contributed by atoms with E-state index in [1.54, 1.807) is 6.33 Å². The molecule has 0 saturated carbocycles. The molecule has 0 aliphatic carbocycles. The molecule has 1 aromatic rings. The number of aryl methyl sites for hydroxylation is 1. The second-order valence-corrected chi connectivity index (χ2v) is 4.96. The van der Waals surface area contributed by atoms with Gasteiger partial charge in [-0.15, -0.1) is 10.2 Å². The van der Waals surface area contributed by atoms with E-state index in [2.05, 4.69) is 15.5 Å². The first-order valence-corrected chi connectivity index (χ1v) is 6.79. The van der Waals surface area contributed by atoms with Crippen molar-refractivity contribution in [3.8, 4) is 0 Å². The molecule has 1 heterocycles. The second kappa shape index (κ2) is 6.60. The van der Waals surface area contributed by atoms with Gasteiger partial charge in [-0.2, -0.15) is 0 Å². The van der Waals surface area contributed by atoms with Gasteiger partial charge in [-0.1, -0.05) is 26.1 Å². The summed E-state index contributed by atoms with van der Waals surface area (Å²) < 4.78 is 1.83. The number of nitrogens with zero attached hydrogens (tertiary/aromatic N) is 3. The summed E-state index contributed by atoms with van der Waals surface area (Å²) in [6, 6.07) is 0. The maximum absolute atomic E-state index is 12.3. The minimum Gasteiger partial charge on any atom is -0.392 e. The smallest absolute Gasteiger partial charge is 0.233 e. The van der Waals surface area contributed by atoms with E-state index < -0.39 is 5.41 Å². The fourth-order valence-electron chi connectivity index (χ4n) is 2.02. The lowest BCUT2D eigenvalue weighted by molar-refractivity contribution is -0.127. The zero-order chi connectivity index (χ0) is 14.5. The summed E-state index contributed by atoms with van der Waals surface area (Å²) in [6.07, 6.45) is 3.47. The number of amides is 1. The number of aromatic nitrogens is 3. The van der Waals surface area contributed by atoms with E-state index in [4.69, 9.17) is 18.0 Å². The Morgan fingerprint density at radius 2 is 2.16 bits per heavy atom. The average Bonchev–Trinajstić information content (AvgIpc) is 2.77. The van der Waals surface area contributed by atoms with Crippen LogP contribution in [0.3, 0.4) is 0 Å². The van der Waals surface area contributed by atoms with E-state index in [1.165, 1.54) is 0 Å². The van der Waals surface area contributed by atoms with Gasteiger partial charge >= 0.3 is 0 Å². The average molecular weight is 283 g/mol. The lowest BCUT2D eigenvalue weighted by Gasteiger charge is -2.28. The third-order valence-electron chi connectivity index (χ3n) is 3.55. The molecule has 0 fully saturated rings. The van der Waals surface area contributed by atoms with Crippen molar-refractivity contribution in [3.63, 3.8) is 0 Å². The predicted octanol–water partition coefficient (Wildman–Crippen LogP) is 0.566. The van der Waals surface area contributed by atoms with Gasteiger partial charge in [0.1, 0.15) is 12.2 Å². The van der Waals surface area contributed by atoms with Crippen LogP contribution in [-0.4, -0.2) is 32.2 Å². The first-order valence-electron chi connectivity index (χ1n) is 6.39. The van der Waals surface area contributed by atoms with E-state index in [0.717, 1.165) is 5.82 Å². The van der Waals surface area contributed by atoms with Gasteiger partial charge in [0.2, 0.25) is 5.91 Å². The fourth-order valence-corrected chi connectivity index (χ4v) is 2.40. The SMILES string of the molecule is CCC(CC)(C(=O)NCCc1nncn1C)C(N)=S. The van der Waals surface area contributed by atoms with E-state index in [0.29, 0.717) is 25.8 Å². The van der Waals surface area contributed by atoms with Crippen LogP contribution < -0.4 is 11.1 Å². The zero-order valence-electron chi connectivity index (χ0n) is 11.6. The Morgan fingerprint density at radius 1 is 1.53 bits per heavy atom. The molecule has 0 aliphatic heterocycles. The maximum atomic E-state index is 12.3. The molecule has 0 spiro atoms. The largest absolute Gasteiger partial charge is 0.392 e. The lowest BCUT2D eigenvalue weighted by Crippen LogP contribution is -2.48. The van der Waals surface area contributed by atoms with E-state index in [9.17, 15) is 4.79 Å². The van der Waals surface area contributed by atoms with Crippen LogP contribution in [-0.2, 0) is 18.3 Å². The van der Waals surface area contributed by atoms with Gasteiger partial charge < -0.3 is 15.6 Å². The highest BCUT2D eigenvalue weighted by Gasteiger charge is 2.37. The highest BCUT2D eigenvalue weighted by molar-refractivity contribution is 7.80. The molecule has 0 aliphatic rings. The summed E-state index contributed by atoms with van der Waals surface area (Å²) in [5.41, 5.74) is 4.99. The van der Waals surface area contributed by atoms with Crippen molar-refractivity contribution in [3.05, 3.63) is 12.2 Å². The summed E-state index contributed by atoms with van der Waals surface area (Å²) >= 11 is 5.05. The molecule has 3 N–H and O–H groups in total. The Morgan fingerprint density at radius 3 is 2.58 bits per heavy atom. The van der Waals surface area contributed by atoms with E-state index in [-0.39, 0.29) is 10.9 Å². The van der Waals surface area contributed by atoms with Gasteiger partial charge in [0.15, 0.2) is 0 Å². The number of carbonyl (C=O) groups excluding carboxylic acids is 1. The van der Waals surface area contributed by atoms with Gasteiger partial charge in [0.05, 0.1) is 10.4 Å². The zero-order valence-corrected chi connectivity index (χ0v) is 12.5. The van der Waals surface area contributed by atoms with Crippen LogP contribution in [0, 0.1) is 5.41 Å². The van der Waals surface area contributed by atoms with Gasteiger partial charge in [0, 0.05) is 20.0 Å². The molecule has 1 rings (SSSR count). The summed E-state index contributed by atoms with van der Waals surface area (Å²) in [7, 11) is 1.87. The molecule has 19 heavy (non-hydrogen) atoms. The van der Waals surface area contributed by atoms with E-state index in [1.807, 2.05) is 25.5 Å². The Kier molecular flexibility index (Phi) is 5.41. The monoisotopic (exact) mass is 283 g/mol. The molecule has 0 bridgehead atoms. The van der Waals surface area contributed by atoms with Gasteiger partial charge in [0.25, 0.3) is 0 Å². The number of thiocarbonyl (C=S) groups is 1. The summed E-state index contributed by atoms with van der Waals surface area (Å²) in [5.74, 6) is 0.724. The lowest BCUT2D eigenvalue weighted by atomic mass is 9.81. The highest BCUT2D eigenvalue weighted by Crippen LogP contribution is 2.27. The standard InChI is InChI=1S/C12H21N5OS/c1-4-12(5-2,10(13)19)11(18)14-7-6-9-16-15-8-17(9)3/h8H,4-7H2,1-3H3,(H2,13,19)(H,14,18). The van der Waals surface area contributed by atoms with Crippen LogP contribution in [0.2, 0.25) is 0 Å². The van der Waals surface area contributed by atoms with Crippen LogP contribution in [0.1, 0.15) is 32.5 Å². The van der Waals surface area contributed by atoms with Crippen molar-refractivity contribution in [2.45, 2.75) is 33.1 Å². The molecule has 7 heteroatoms. The number of nitrogens with one attached hydrogen (secondary N) is 1. The molecule has 0 radical (unpaired) electrons. The van der Waals surface area contributed by atoms with E-state index >= 15 is 0 Å². The van der Waals surface area contributed by atoms with Crippen molar-refractivity contribution in [1.82, 2.24) is 20.1 Å². The number of rotatable bonds is 7. The van der Waals surface area contributed by atoms with Gasteiger partial charge in [-0.25, -0.2) is 0 Å². The first-order chi connectivity index (χ1) is 8.97. The summed E-state index contributed by atoms with van der Waals surface area (Å²) in [4.78, 5) is 12.5. The topological polar surface area (TPSA) is 85.8 Å². The normalized spacial score (nSPS) is 11.3. The second-order valence-electron chi connectivity index (χ2n) is 4.52. The molecular weight excluding hydrogens is 262 g/mol. The molecule has 0 unspecified atom stereocenters. The highest BCUT2D eigenvalue weighted by atomic mass is 32.1. The minimum atomic E-state index is -0.741. The molecule has 1 aromatic heterocycles. The molecule has 0 aromatic carbocycles. The third kappa shape index (κ3) is 3.28. The number of hydrogen-bond acceptors (Lipinski definition) is 4. The summed E-state index contributed by atoms with van der Waals surface area (Å²) in [5, 5.41) is 10.6. The maximum Gasteiger partial charge on any atom is 0.233 e. The fraction of sp³-hybridized carbons (Fsp3) is 0.667. The van der Waals surface area contributed by atoms with Crippen molar-refractivity contribution in [1.29, 1.82) is 0 Å². The number of carbonyl (C=O) groups is 1. The van der Waals surface area contributed by atoms with Crippen LogP contribution in [0.25, 0.3) is 0 Å². The van der Waals surface area contributed by atoms with Crippen molar-refractivity contribution < 1.29 is 4.79 Å². The Labute approximate surface area is 118 Å². The van der Waals surface area contributed by atoms with Gasteiger partial charge in [-0.3, -0.25) is 4.79 Å². The molecule has 106 valence electrons.